The van der Waals surface area contributed by atoms with E-state index in [-0.39, 0.29) is 5.91 Å². The van der Waals surface area contributed by atoms with E-state index in [1.807, 2.05) is 37.2 Å². The third-order valence-electron chi connectivity index (χ3n) is 4.41. The van der Waals surface area contributed by atoms with Gasteiger partial charge in [0.2, 0.25) is 0 Å². The van der Waals surface area contributed by atoms with E-state index in [0.29, 0.717) is 18.0 Å². The van der Waals surface area contributed by atoms with Gasteiger partial charge in [-0.05, 0) is 49.8 Å². The molecule has 116 valence electrons. The van der Waals surface area contributed by atoms with Crippen LogP contribution in [-0.4, -0.2) is 37.3 Å². The second-order valence-electron chi connectivity index (χ2n) is 6.53. The van der Waals surface area contributed by atoms with Gasteiger partial charge in [-0.25, -0.2) is 0 Å². The molecular weight excluding hydrogens is 264 g/mol. The van der Waals surface area contributed by atoms with Gasteiger partial charge in [-0.3, -0.25) is 4.79 Å². The Morgan fingerprint density at radius 2 is 2.05 bits per heavy atom. The maximum absolute atomic E-state index is 12.2. The Labute approximate surface area is 127 Å². The Morgan fingerprint density at radius 3 is 2.67 bits per heavy atom. The third kappa shape index (κ3) is 4.21. The SMILES string of the molecule is CC1CCC(O)(CNC(=O)c2cccc(N(C)C)c2)CC1. The lowest BCUT2D eigenvalue weighted by Crippen LogP contribution is -2.45. The van der Waals surface area contributed by atoms with Crippen molar-refractivity contribution in [2.75, 3.05) is 25.5 Å². The van der Waals surface area contributed by atoms with E-state index < -0.39 is 5.60 Å². The molecule has 1 aromatic carbocycles. The van der Waals surface area contributed by atoms with Crippen LogP contribution in [0.4, 0.5) is 5.69 Å². The number of nitrogens with one attached hydrogen (secondary N) is 1. The summed E-state index contributed by atoms with van der Waals surface area (Å²) in [5, 5.41) is 13.4. The fourth-order valence-corrected chi connectivity index (χ4v) is 2.75. The molecule has 1 aliphatic rings. The summed E-state index contributed by atoms with van der Waals surface area (Å²) in [5.41, 5.74) is 0.892. The molecular formula is C17H26N2O2. The minimum atomic E-state index is -0.735. The molecule has 21 heavy (non-hydrogen) atoms. The molecule has 0 heterocycles. The second-order valence-corrected chi connectivity index (χ2v) is 6.53. The molecule has 0 aromatic heterocycles. The second kappa shape index (κ2) is 6.48. The van der Waals surface area contributed by atoms with Crippen LogP contribution < -0.4 is 10.2 Å². The molecule has 1 amide bonds. The van der Waals surface area contributed by atoms with Gasteiger partial charge >= 0.3 is 0 Å². The van der Waals surface area contributed by atoms with E-state index >= 15 is 0 Å². The van der Waals surface area contributed by atoms with Gasteiger partial charge in [0.05, 0.1) is 5.60 Å². The lowest BCUT2D eigenvalue weighted by atomic mass is 9.79. The molecule has 1 aliphatic carbocycles. The molecule has 1 saturated carbocycles. The van der Waals surface area contributed by atoms with Crippen LogP contribution in [0.3, 0.4) is 0 Å². The summed E-state index contributed by atoms with van der Waals surface area (Å²) in [6.45, 7) is 2.55. The topological polar surface area (TPSA) is 52.6 Å². The number of carbonyl (C=O) groups excluding carboxylic acids is 1. The average molecular weight is 290 g/mol. The summed E-state index contributed by atoms with van der Waals surface area (Å²) in [6, 6.07) is 7.51. The van der Waals surface area contributed by atoms with Gasteiger partial charge in [0.25, 0.3) is 5.91 Å². The van der Waals surface area contributed by atoms with E-state index in [1.165, 1.54) is 0 Å². The van der Waals surface area contributed by atoms with Gasteiger partial charge in [-0.1, -0.05) is 13.0 Å². The first kappa shape index (κ1) is 15.8. The van der Waals surface area contributed by atoms with E-state index in [0.717, 1.165) is 31.4 Å². The average Bonchev–Trinajstić information content (AvgIpc) is 2.48. The van der Waals surface area contributed by atoms with Crippen molar-refractivity contribution >= 4 is 11.6 Å². The lowest BCUT2D eigenvalue weighted by Gasteiger charge is -2.34. The first-order chi connectivity index (χ1) is 9.89. The quantitative estimate of drug-likeness (QED) is 0.895. The molecule has 0 saturated heterocycles. The van der Waals surface area contributed by atoms with Crippen LogP contribution in [0.2, 0.25) is 0 Å². The summed E-state index contributed by atoms with van der Waals surface area (Å²) >= 11 is 0. The summed E-state index contributed by atoms with van der Waals surface area (Å²) < 4.78 is 0. The first-order valence-corrected chi connectivity index (χ1v) is 7.68. The molecule has 1 aromatic rings. The monoisotopic (exact) mass is 290 g/mol. The molecule has 4 nitrogen and oxygen atoms in total. The fraction of sp³-hybridized carbons (Fsp3) is 0.588. The predicted octanol–water partition coefficient (Wildman–Crippen LogP) is 2.42. The Kier molecular flexibility index (Phi) is 4.88. The van der Waals surface area contributed by atoms with Crippen molar-refractivity contribution < 1.29 is 9.90 Å². The Morgan fingerprint density at radius 1 is 1.38 bits per heavy atom. The van der Waals surface area contributed by atoms with Crippen LogP contribution in [0.25, 0.3) is 0 Å². The third-order valence-corrected chi connectivity index (χ3v) is 4.41. The van der Waals surface area contributed by atoms with Gasteiger partial charge in [0.15, 0.2) is 0 Å². The molecule has 4 heteroatoms. The Hall–Kier alpha value is -1.55. The Bertz CT molecular complexity index is 491. The van der Waals surface area contributed by atoms with Crippen molar-refractivity contribution in [2.24, 2.45) is 5.92 Å². The maximum atomic E-state index is 12.2. The van der Waals surface area contributed by atoms with Gasteiger partial charge in [-0.2, -0.15) is 0 Å². The number of amides is 1. The lowest BCUT2D eigenvalue weighted by molar-refractivity contribution is -0.00539. The molecule has 0 atom stereocenters. The largest absolute Gasteiger partial charge is 0.388 e. The highest BCUT2D eigenvalue weighted by atomic mass is 16.3. The highest BCUT2D eigenvalue weighted by Crippen LogP contribution is 2.31. The van der Waals surface area contributed by atoms with Gasteiger partial charge in [0, 0.05) is 31.9 Å². The normalized spacial score (nSPS) is 25.4. The van der Waals surface area contributed by atoms with Crippen molar-refractivity contribution in [3.63, 3.8) is 0 Å². The number of benzene rings is 1. The van der Waals surface area contributed by atoms with Crippen LogP contribution in [0.5, 0.6) is 0 Å². The summed E-state index contributed by atoms with van der Waals surface area (Å²) in [6.07, 6.45) is 3.60. The summed E-state index contributed by atoms with van der Waals surface area (Å²) in [4.78, 5) is 14.2. The van der Waals surface area contributed by atoms with Crippen molar-refractivity contribution in [3.8, 4) is 0 Å². The van der Waals surface area contributed by atoms with Crippen molar-refractivity contribution in [3.05, 3.63) is 29.8 Å². The molecule has 0 aliphatic heterocycles. The standard InChI is InChI=1S/C17H26N2O2/c1-13-7-9-17(21,10-8-13)12-18-16(20)14-5-4-6-15(11-14)19(2)3/h4-6,11,13,21H,7-10,12H2,1-3H3,(H,18,20). The summed E-state index contributed by atoms with van der Waals surface area (Å²) in [7, 11) is 3.89. The molecule has 0 unspecified atom stereocenters. The van der Waals surface area contributed by atoms with Gasteiger partial charge < -0.3 is 15.3 Å². The van der Waals surface area contributed by atoms with Crippen molar-refractivity contribution in [1.29, 1.82) is 0 Å². The number of carbonyl (C=O) groups is 1. The minimum Gasteiger partial charge on any atom is -0.388 e. The van der Waals surface area contributed by atoms with Crippen LogP contribution in [0.1, 0.15) is 43.0 Å². The zero-order valence-corrected chi connectivity index (χ0v) is 13.2. The zero-order chi connectivity index (χ0) is 15.5. The summed E-state index contributed by atoms with van der Waals surface area (Å²) in [5.74, 6) is 0.559. The number of rotatable bonds is 4. The van der Waals surface area contributed by atoms with Crippen LogP contribution in [0.15, 0.2) is 24.3 Å². The number of nitrogens with zero attached hydrogens (tertiary/aromatic N) is 1. The van der Waals surface area contributed by atoms with Gasteiger partial charge in [-0.15, -0.1) is 0 Å². The number of anilines is 1. The van der Waals surface area contributed by atoms with Gasteiger partial charge in [0.1, 0.15) is 0 Å². The van der Waals surface area contributed by atoms with Crippen molar-refractivity contribution in [2.45, 2.75) is 38.2 Å². The van der Waals surface area contributed by atoms with Crippen molar-refractivity contribution in [1.82, 2.24) is 5.32 Å². The smallest absolute Gasteiger partial charge is 0.251 e. The zero-order valence-electron chi connectivity index (χ0n) is 13.2. The number of aliphatic hydroxyl groups is 1. The highest BCUT2D eigenvalue weighted by Gasteiger charge is 2.32. The Balaban J connectivity index is 1.94. The van der Waals surface area contributed by atoms with E-state index in [1.54, 1.807) is 6.07 Å². The van der Waals surface area contributed by atoms with Crippen LogP contribution in [-0.2, 0) is 0 Å². The van der Waals surface area contributed by atoms with E-state index in [2.05, 4.69) is 12.2 Å². The number of hydrogen-bond acceptors (Lipinski definition) is 3. The predicted molar refractivity (Wildman–Crippen MR) is 85.7 cm³/mol. The molecule has 0 spiro atoms. The highest BCUT2D eigenvalue weighted by molar-refractivity contribution is 5.95. The first-order valence-electron chi connectivity index (χ1n) is 7.68. The molecule has 2 rings (SSSR count). The number of hydrogen-bond donors (Lipinski definition) is 2. The van der Waals surface area contributed by atoms with Crippen LogP contribution >= 0.6 is 0 Å². The minimum absolute atomic E-state index is 0.120. The molecule has 0 bridgehead atoms. The fourth-order valence-electron chi connectivity index (χ4n) is 2.75. The molecule has 0 radical (unpaired) electrons. The molecule has 2 N–H and O–H groups in total. The van der Waals surface area contributed by atoms with Crippen LogP contribution in [0, 0.1) is 5.92 Å². The maximum Gasteiger partial charge on any atom is 0.251 e. The van der Waals surface area contributed by atoms with E-state index in [4.69, 9.17) is 0 Å². The van der Waals surface area contributed by atoms with E-state index in [9.17, 15) is 9.90 Å². The molecule has 1 fully saturated rings.